The average Bonchev–Trinajstić information content (AvgIpc) is 2.94. The summed E-state index contributed by atoms with van der Waals surface area (Å²) in [6, 6.07) is 0. The predicted octanol–water partition coefficient (Wildman–Crippen LogP) is 4.79. The van der Waals surface area contributed by atoms with Gasteiger partial charge in [-0.15, -0.1) is 0 Å². The van der Waals surface area contributed by atoms with Crippen molar-refractivity contribution < 1.29 is 14.3 Å². The Balaban J connectivity index is 0. The van der Waals surface area contributed by atoms with Crippen molar-refractivity contribution in [1.82, 2.24) is 0 Å². The maximum absolute atomic E-state index is 12.0. The van der Waals surface area contributed by atoms with E-state index in [0.29, 0.717) is 13.2 Å². The molecule has 128 valence electrons. The van der Waals surface area contributed by atoms with Gasteiger partial charge in [-0.1, -0.05) is 45.9 Å². The topological polar surface area (TPSA) is 35.5 Å². The number of hydrogen-bond acceptors (Lipinski definition) is 4. The highest BCUT2D eigenvalue weighted by molar-refractivity contribution is 8.13. The van der Waals surface area contributed by atoms with Crippen LogP contribution in [-0.2, 0) is 14.3 Å². The monoisotopic (exact) mass is 320 g/mol. The first-order chi connectivity index (χ1) is 9.56. The molecule has 0 bridgehead atoms. The largest absolute Gasteiger partial charge is 0.384 e. The number of thioether (sulfide) groups is 1. The average molecular weight is 321 g/mol. The molecule has 0 radical (unpaired) electrons. The normalized spacial score (nSPS) is 15.1. The molecule has 0 unspecified atom stereocenters. The molecule has 4 heteroatoms. The lowest BCUT2D eigenvalue weighted by molar-refractivity contribution is -0.121. The van der Waals surface area contributed by atoms with Gasteiger partial charge in [-0.25, -0.2) is 0 Å². The van der Waals surface area contributed by atoms with Crippen LogP contribution < -0.4 is 0 Å². The Kier molecular flexibility index (Phi) is 15.0. The molecule has 0 amide bonds. The van der Waals surface area contributed by atoms with Crippen LogP contribution in [0, 0.1) is 11.3 Å². The van der Waals surface area contributed by atoms with Crippen LogP contribution in [0.4, 0.5) is 0 Å². The van der Waals surface area contributed by atoms with E-state index in [-0.39, 0.29) is 12.5 Å². The molecule has 0 N–H and O–H groups in total. The molecule has 1 saturated carbocycles. The molecule has 0 aromatic rings. The Labute approximate surface area is 136 Å². The molecule has 0 saturated heterocycles. The van der Waals surface area contributed by atoms with Gasteiger partial charge < -0.3 is 9.47 Å². The highest BCUT2D eigenvalue weighted by Gasteiger charge is 2.28. The Morgan fingerprint density at radius 3 is 2.33 bits per heavy atom. The zero-order chi connectivity index (χ0) is 15.4. The molecule has 0 atom stereocenters. The first kappa shape index (κ1) is 23.2. The molecule has 0 aromatic heterocycles. The van der Waals surface area contributed by atoms with Gasteiger partial charge in [0.2, 0.25) is 0 Å². The summed E-state index contributed by atoms with van der Waals surface area (Å²) < 4.78 is 10.7. The van der Waals surface area contributed by atoms with Crippen LogP contribution >= 0.6 is 11.8 Å². The van der Waals surface area contributed by atoms with Crippen LogP contribution in [0.15, 0.2) is 0 Å². The lowest BCUT2D eigenvalue weighted by Gasteiger charge is -2.23. The van der Waals surface area contributed by atoms with Gasteiger partial charge in [0.15, 0.2) is 5.12 Å². The smallest absolute Gasteiger partial charge is 0.196 e. The van der Waals surface area contributed by atoms with E-state index in [1.807, 2.05) is 27.7 Å². The van der Waals surface area contributed by atoms with E-state index in [2.05, 4.69) is 0 Å². The maximum atomic E-state index is 12.0. The molecule has 0 spiro atoms. The summed E-state index contributed by atoms with van der Waals surface area (Å²) in [4.78, 5) is 12.0. The van der Waals surface area contributed by atoms with Crippen LogP contribution in [0.3, 0.4) is 0 Å². The zero-order valence-corrected chi connectivity index (χ0v) is 14.7. The van der Waals surface area contributed by atoms with Gasteiger partial charge in [0, 0.05) is 19.5 Å². The Bertz CT molecular complexity index is 248. The minimum absolute atomic E-state index is 0. The first-order valence-corrected chi connectivity index (χ1v) is 8.79. The third-order valence-corrected chi connectivity index (χ3v) is 4.55. The zero-order valence-electron chi connectivity index (χ0n) is 13.9. The summed E-state index contributed by atoms with van der Waals surface area (Å²) in [5.41, 5.74) is -0.392. The fraction of sp³-hybridized carbons (Fsp3) is 0.941. The summed E-state index contributed by atoms with van der Waals surface area (Å²) >= 11 is 1.35. The molecule has 3 nitrogen and oxygen atoms in total. The number of hydrogen-bond donors (Lipinski definition) is 0. The molecule has 0 aromatic carbocycles. The Morgan fingerprint density at radius 2 is 1.81 bits per heavy atom. The number of rotatable bonds is 8. The van der Waals surface area contributed by atoms with Gasteiger partial charge in [0.1, 0.15) is 0 Å². The molecule has 21 heavy (non-hydrogen) atoms. The molecule has 1 aliphatic rings. The van der Waals surface area contributed by atoms with Crippen molar-refractivity contribution in [3.05, 3.63) is 0 Å². The quantitative estimate of drug-likeness (QED) is 0.602. The first-order valence-electron chi connectivity index (χ1n) is 7.80. The molecule has 1 aliphatic carbocycles. The van der Waals surface area contributed by atoms with Gasteiger partial charge in [-0.05, 0) is 32.6 Å². The van der Waals surface area contributed by atoms with Crippen LogP contribution in [0.5, 0.6) is 0 Å². The maximum Gasteiger partial charge on any atom is 0.196 e. The third-order valence-electron chi connectivity index (χ3n) is 3.36. The number of carbonyl (C=O) groups excluding carboxylic acids is 1. The van der Waals surface area contributed by atoms with E-state index in [1.165, 1.54) is 37.4 Å². The highest BCUT2D eigenvalue weighted by Crippen LogP contribution is 2.27. The van der Waals surface area contributed by atoms with Crippen LogP contribution in [0.1, 0.15) is 60.8 Å². The molecule has 0 aliphatic heterocycles. The second-order valence-electron chi connectivity index (χ2n) is 5.68. The molecule has 0 heterocycles. The Morgan fingerprint density at radius 1 is 1.24 bits per heavy atom. The van der Waals surface area contributed by atoms with Gasteiger partial charge >= 0.3 is 0 Å². The molecule has 1 rings (SSSR count). The van der Waals surface area contributed by atoms with Crippen molar-refractivity contribution in [3.8, 4) is 0 Å². The summed E-state index contributed by atoms with van der Waals surface area (Å²) in [5.74, 6) is 1.44. The van der Waals surface area contributed by atoms with Crippen LogP contribution in [0.2, 0.25) is 0 Å². The summed E-state index contributed by atoms with van der Waals surface area (Å²) in [7, 11) is 1.65. The minimum atomic E-state index is -0.392. The SMILES string of the molecule is C.CC.COCCSC(=O)C(C)(C)COCC1CCCC1. The van der Waals surface area contributed by atoms with Gasteiger partial charge in [0.25, 0.3) is 0 Å². The van der Waals surface area contributed by atoms with Gasteiger partial charge in [0.05, 0.1) is 18.6 Å². The van der Waals surface area contributed by atoms with E-state index in [9.17, 15) is 4.79 Å². The fourth-order valence-electron chi connectivity index (χ4n) is 2.13. The van der Waals surface area contributed by atoms with E-state index >= 15 is 0 Å². The van der Waals surface area contributed by atoms with Crippen molar-refractivity contribution in [2.24, 2.45) is 11.3 Å². The molecular formula is C17H36O3S. The third kappa shape index (κ3) is 10.3. The second kappa shape index (κ2) is 13.6. The van der Waals surface area contributed by atoms with E-state index in [0.717, 1.165) is 18.3 Å². The molecular weight excluding hydrogens is 284 g/mol. The van der Waals surface area contributed by atoms with Crippen molar-refractivity contribution in [2.75, 3.05) is 32.7 Å². The number of ether oxygens (including phenoxy) is 2. The van der Waals surface area contributed by atoms with Crippen LogP contribution in [0.25, 0.3) is 0 Å². The van der Waals surface area contributed by atoms with Crippen molar-refractivity contribution in [3.63, 3.8) is 0 Å². The minimum Gasteiger partial charge on any atom is -0.384 e. The summed E-state index contributed by atoms with van der Waals surface area (Å²) in [6.45, 7) is 9.89. The van der Waals surface area contributed by atoms with E-state index in [4.69, 9.17) is 9.47 Å². The van der Waals surface area contributed by atoms with Crippen molar-refractivity contribution >= 4 is 16.9 Å². The second-order valence-corrected chi connectivity index (χ2v) is 6.75. The fourth-order valence-corrected chi connectivity index (χ4v) is 3.01. The van der Waals surface area contributed by atoms with E-state index in [1.54, 1.807) is 7.11 Å². The highest BCUT2D eigenvalue weighted by atomic mass is 32.2. The summed E-state index contributed by atoms with van der Waals surface area (Å²) in [6.07, 6.45) is 5.25. The van der Waals surface area contributed by atoms with E-state index < -0.39 is 5.41 Å². The van der Waals surface area contributed by atoms with Gasteiger partial charge in [-0.2, -0.15) is 0 Å². The molecule has 1 fully saturated rings. The van der Waals surface area contributed by atoms with Crippen LogP contribution in [-0.4, -0.2) is 37.8 Å². The standard InChI is InChI=1S/C14H26O3S.C2H6.CH4/c1-14(2,13(15)18-9-8-16-3)11-17-10-12-6-4-5-7-12;1-2;/h12H,4-11H2,1-3H3;1-2H3;1H4. The number of methoxy groups -OCH3 is 1. The van der Waals surface area contributed by atoms with Crippen molar-refractivity contribution in [1.29, 1.82) is 0 Å². The van der Waals surface area contributed by atoms with Crippen molar-refractivity contribution in [2.45, 2.75) is 60.8 Å². The predicted molar refractivity (Wildman–Crippen MR) is 94.0 cm³/mol. The van der Waals surface area contributed by atoms with Gasteiger partial charge in [-0.3, -0.25) is 4.79 Å². The summed E-state index contributed by atoms with van der Waals surface area (Å²) in [5, 5.41) is 0.200. The lowest BCUT2D eigenvalue weighted by Crippen LogP contribution is -2.29. The number of carbonyl (C=O) groups is 1. The Hall–Kier alpha value is -0.0600. The lowest BCUT2D eigenvalue weighted by atomic mass is 9.97.